The molecule has 1 aromatic carbocycles. The molecule has 0 radical (unpaired) electrons. The van der Waals surface area contributed by atoms with Crippen LogP contribution in [0.2, 0.25) is 0 Å². The number of hydrogen-bond donors (Lipinski definition) is 0. The third kappa shape index (κ3) is 4.27. The summed E-state index contributed by atoms with van der Waals surface area (Å²) in [6, 6.07) is 5.14. The van der Waals surface area contributed by atoms with E-state index in [1.165, 1.54) is 38.4 Å². The Morgan fingerprint density at radius 1 is 1.29 bits per heavy atom. The quantitative estimate of drug-likeness (QED) is 0.621. The van der Waals surface area contributed by atoms with Crippen molar-refractivity contribution in [1.29, 1.82) is 0 Å². The van der Waals surface area contributed by atoms with E-state index in [1.807, 2.05) is 0 Å². The zero-order valence-electron chi connectivity index (χ0n) is 9.12. The second-order valence-electron chi connectivity index (χ2n) is 3.06. The van der Waals surface area contributed by atoms with Crippen LogP contribution in [0.1, 0.15) is 10.4 Å². The molecule has 0 fully saturated rings. The highest BCUT2D eigenvalue weighted by molar-refractivity contribution is 8.00. The minimum absolute atomic E-state index is 0.0362. The molecule has 7 heteroatoms. The maximum atomic E-state index is 12.1. The summed E-state index contributed by atoms with van der Waals surface area (Å²) in [4.78, 5) is 16.3. The van der Waals surface area contributed by atoms with Gasteiger partial charge in [-0.3, -0.25) is 9.63 Å². The SMILES string of the molecule is CON(C)C(=O)c1ccc(SC(F)(F)F)cc1. The summed E-state index contributed by atoms with van der Waals surface area (Å²) in [6.45, 7) is 0. The van der Waals surface area contributed by atoms with Crippen molar-refractivity contribution >= 4 is 17.7 Å². The normalized spacial score (nSPS) is 11.4. The van der Waals surface area contributed by atoms with Gasteiger partial charge in [0.25, 0.3) is 5.91 Å². The van der Waals surface area contributed by atoms with E-state index < -0.39 is 11.4 Å². The molecule has 0 N–H and O–H groups in total. The molecule has 0 heterocycles. The third-order valence-electron chi connectivity index (χ3n) is 1.89. The van der Waals surface area contributed by atoms with Crippen molar-refractivity contribution in [2.75, 3.05) is 14.2 Å². The van der Waals surface area contributed by atoms with Gasteiger partial charge in [-0.1, -0.05) is 0 Å². The molecule has 17 heavy (non-hydrogen) atoms. The summed E-state index contributed by atoms with van der Waals surface area (Å²) >= 11 is -0.221. The first-order valence-electron chi connectivity index (χ1n) is 4.51. The highest BCUT2D eigenvalue weighted by atomic mass is 32.2. The lowest BCUT2D eigenvalue weighted by Gasteiger charge is -2.13. The minimum Gasteiger partial charge on any atom is -0.274 e. The Morgan fingerprint density at radius 3 is 2.24 bits per heavy atom. The van der Waals surface area contributed by atoms with Gasteiger partial charge in [0.05, 0.1) is 7.11 Å². The number of thioether (sulfide) groups is 1. The highest BCUT2D eigenvalue weighted by Crippen LogP contribution is 2.36. The van der Waals surface area contributed by atoms with E-state index in [9.17, 15) is 18.0 Å². The van der Waals surface area contributed by atoms with Crippen LogP contribution in [0.3, 0.4) is 0 Å². The number of carbonyl (C=O) groups is 1. The average Bonchev–Trinajstić information content (AvgIpc) is 2.26. The number of alkyl halides is 3. The van der Waals surface area contributed by atoms with E-state index in [1.54, 1.807) is 0 Å². The lowest BCUT2D eigenvalue weighted by molar-refractivity contribution is -0.0757. The first-order chi connectivity index (χ1) is 7.83. The number of hydroxylamine groups is 2. The molecule has 0 saturated carbocycles. The number of halogens is 3. The van der Waals surface area contributed by atoms with Crippen LogP contribution in [0.25, 0.3) is 0 Å². The zero-order chi connectivity index (χ0) is 13.1. The topological polar surface area (TPSA) is 29.5 Å². The Hall–Kier alpha value is -1.21. The molecule has 94 valence electrons. The second-order valence-corrected chi connectivity index (χ2v) is 4.20. The van der Waals surface area contributed by atoms with Crippen LogP contribution in [-0.4, -0.2) is 30.6 Å². The van der Waals surface area contributed by atoms with E-state index >= 15 is 0 Å². The fourth-order valence-corrected chi connectivity index (χ4v) is 1.60. The summed E-state index contributed by atoms with van der Waals surface area (Å²) in [5.41, 5.74) is -4.06. The van der Waals surface area contributed by atoms with Gasteiger partial charge in [-0.25, -0.2) is 5.06 Å². The number of amides is 1. The van der Waals surface area contributed by atoms with Gasteiger partial charge in [0.15, 0.2) is 0 Å². The summed E-state index contributed by atoms with van der Waals surface area (Å²) in [5, 5.41) is 0.992. The predicted molar refractivity (Wildman–Crippen MR) is 57.5 cm³/mol. The molecule has 0 unspecified atom stereocenters. The fourth-order valence-electron chi connectivity index (χ4n) is 1.06. The van der Waals surface area contributed by atoms with Crippen LogP contribution in [0.5, 0.6) is 0 Å². The maximum Gasteiger partial charge on any atom is 0.446 e. The molecule has 0 spiro atoms. The van der Waals surface area contributed by atoms with Crippen molar-refractivity contribution in [1.82, 2.24) is 5.06 Å². The number of rotatable bonds is 3. The zero-order valence-corrected chi connectivity index (χ0v) is 9.93. The number of benzene rings is 1. The third-order valence-corrected chi connectivity index (χ3v) is 2.63. The van der Waals surface area contributed by atoms with Gasteiger partial charge >= 0.3 is 5.51 Å². The van der Waals surface area contributed by atoms with Gasteiger partial charge in [-0.15, -0.1) is 0 Å². The standard InChI is InChI=1S/C10H10F3NO2S/c1-14(16-2)9(15)7-3-5-8(6-4-7)17-10(11,12)13/h3-6H,1-2H3. The van der Waals surface area contributed by atoms with Crippen LogP contribution >= 0.6 is 11.8 Å². The Balaban J connectivity index is 2.78. The average molecular weight is 265 g/mol. The molecule has 0 aliphatic carbocycles. The maximum absolute atomic E-state index is 12.1. The predicted octanol–water partition coefficient (Wildman–Crippen LogP) is 2.93. The molecule has 3 nitrogen and oxygen atoms in total. The van der Waals surface area contributed by atoms with Gasteiger partial charge < -0.3 is 0 Å². The molecule has 1 aromatic rings. The van der Waals surface area contributed by atoms with Crippen LogP contribution < -0.4 is 0 Å². The van der Waals surface area contributed by atoms with Gasteiger partial charge in [-0.05, 0) is 36.0 Å². The Morgan fingerprint density at radius 2 is 1.82 bits per heavy atom. The van der Waals surface area contributed by atoms with Gasteiger partial charge in [0.1, 0.15) is 0 Å². The number of nitrogens with zero attached hydrogens (tertiary/aromatic N) is 1. The first kappa shape index (κ1) is 13.9. The minimum atomic E-state index is -4.32. The summed E-state index contributed by atoms with van der Waals surface area (Å²) in [5.74, 6) is -0.420. The van der Waals surface area contributed by atoms with Crippen molar-refractivity contribution in [3.63, 3.8) is 0 Å². The van der Waals surface area contributed by atoms with Crippen molar-refractivity contribution in [2.24, 2.45) is 0 Å². The molecule has 0 atom stereocenters. The van der Waals surface area contributed by atoms with E-state index in [0.717, 1.165) is 5.06 Å². The second kappa shape index (κ2) is 5.42. The lowest BCUT2D eigenvalue weighted by Crippen LogP contribution is -2.25. The number of carbonyl (C=O) groups excluding carboxylic acids is 1. The van der Waals surface area contributed by atoms with E-state index in [-0.39, 0.29) is 22.2 Å². The van der Waals surface area contributed by atoms with Crippen molar-refractivity contribution in [2.45, 2.75) is 10.4 Å². The van der Waals surface area contributed by atoms with Crippen LogP contribution in [-0.2, 0) is 4.84 Å². The molecular weight excluding hydrogens is 255 g/mol. The molecule has 0 aliphatic heterocycles. The van der Waals surface area contributed by atoms with Crippen molar-refractivity contribution in [3.8, 4) is 0 Å². The van der Waals surface area contributed by atoms with E-state index in [4.69, 9.17) is 0 Å². The van der Waals surface area contributed by atoms with Crippen LogP contribution in [0, 0.1) is 0 Å². The lowest BCUT2D eigenvalue weighted by atomic mass is 10.2. The Kier molecular flexibility index (Phi) is 4.41. The molecule has 0 saturated heterocycles. The monoisotopic (exact) mass is 265 g/mol. The largest absolute Gasteiger partial charge is 0.446 e. The molecule has 0 aliphatic rings. The van der Waals surface area contributed by atoms with E-state index in [2.05, 4.69) is 4.84 Å². The van der Waals surface area contributed by atoms with Gasteiger partial charge in [0.2, 0.25) is 0 Å². The van der Waals surface area contributed by atoms with Crippen LogP contribution in [0.15, 0.2) is 29.2 Å². The summed E-state index contributed by atoms with van der Waals surface area (Å²) in [6.07, 6.45) is 0. The molecule has 1 rings (SSSR count). The molecule has 1 amide bonds. The molecule has 0 aromatic heterocycles. The van der Waals surface area contributed by atoms with Crippen molar-refractivity contribution < 1.29 is 22.8 Å². The summed E-state index contributed by atoms with van der Waals surface area (Å²) < 4.78 is 36.2. The fraction of sp³-hybridized carbons (Fsp3) is 0.300. The smallest absolute Gasteiger partial charge is 0.274 e. The molecular formula is C10H10F3NO2S. The Labute approximate surface area is 100 Å². The van der Waals surface area contributed by atoms with Crippen molar-refractivity contribution in [3.05, 3.63) is 29.8 Å². The van der Waals surface area contributed by atoms with Crippen LogP contribution in [0.4, 0.5) is 13.2 Å². The number of hydrogen-bond acceptors (Lipinski definition) is 3. The molecule has 0 bridgehead atoms. The first-order valence-corrected chi connectivity index (χ1v) is 5.33. The summed E-state index contributed by atoms with van der Waals surface area (Å²) in [7, 11) is 2.74. The van der Waals surface area contributed by atoms with Gasteiger partial charge in [-0.2, -0.15) is 13.2 Å². The van der Waals surface area contributed by atoms with Gasteiger partial charge in [0, 0.05) is 17.5 Å². The van der Waals surface area contributed by atoms with E-state index in [0.29, 0.717) is 0 Å². The highest BCUT2D eigenvalue weighted by Gasteiger charge is 2.29. The Bertz CT molecular complexity index is 392.